The van der Waals surface area contributed by atoms with Gasteiger partial charge < -0.3 is 0 Å². The Morgan fingerprint density at radius 1 is 0.667 bits per heavy atom. The molecule has 0 nitrogen and oxygen atoms in total. The maximum Gasteiger partial charge on any atom is -0.0140 e. The predicted octanol–water partition coefficient (Wildman–Crippen LogP) is 5.42. The van der Waals surface area contributed by atoms with Gasteiger partial charge in [-0.25, -0.2) is 0 Å². The molecule has 3 aromatic carbocycles. The summed E-state index contributed by atoms with van der Waals surface area (Å²) in [7, 11) is 0. The summed E-state index contributed by atoms with van der Waals surface area (Å²) in [6.07, 6.45) is 0. The van der Waals surface area contributed by atoms with E-state index in [1.807, 2.05) is 0 Å². The average Bonchev–Trinajstić information content (AvgIpc) is 2.39. The topological polar surface area (TPSA) is 0 Å². The Balaban J connectivity index is 2.63. The molecule has 0 spiro atoms. The summed E-state index contributed by atoms with van der Waals surface area (Å²) in [5.74, 6) is 0.542. The van der Waals surface area contributed by atoms with Gasteiger partial charge in [-0.3, -0.25) is 0 Å². The second kappa shape index (κ2) is 4.13. The number of hydrogen-bond donors (Lipinski definition) is 0. The molecule has 0 N–H and O–H groups in total. The number of rotatable bonds is 1. The van der Waals surface area contributed by atoms with Gasteiger partial charge in [-0.05, 0) is 45.5 Å². The highest BCUT2D eigenvalue weighted by atomic mass is 14.2. The fourth-order valence-corrected chi connectivity index (χ4v) is 3.00. The lowest BCUT2D eigenvalue weighted by atomic mass is 9.87. The lowest BCUT2D eigenvalue weighted by Crippen LogP contribution is -1.94. The molecule has 0 fully saturated rings. The van der Waals surface area contributed by atoms with Gasteiger partial charge in [0, 0.05) is 0 Å². The van der Waals surface area contributed by atoms with Gasteiger partial charge in [0.2, 0.25) is 0 Å². The summed E-state index contributed by atoms with van der Waals surface area (Å²) >= 11 is 0. The smallest absolute Gasteiger partial charge is 0.0140 e. The minimum atomic E-state index is 0.542. The first-order valence-electron chi connectivity index (χ1n) is 6.60. The Kier molecular flexibility index (Phi) is 2.59. The SMILES string of the molecule is Cc1c2ccccc2c(C(C)C)c2ccccc12. The van der Waals surface area contributed by atoms with Crippen LogP contribution >= 0.6 is 0 Å². The first-order chi connectivity index (χ1) is 8.70. The van der Waals surface area contributed by atoms with E-state index in [4.69, 9.17) is 0 Å². The highest BCUT2D eigenvalue weighted by molar-refractivity contribution is 6.05. The van der Waals surface area contributed by atoms with Crippen LogP contribution in [0.1, 0.15) is 30.9 Å². The van der Waals surface area contributed by atoms with Gasteiger partial charge in [-0.15, -0.1) is 0 Å². The summed E-state index contributed by atoms with van der Waals surface area (Å²) in [5, 5.41) is 5.59. The van der Waals surface area contributed by atoms with Crippen molar-refractivity contribution in [1.82, 2.24) is 0 Å². The molecule has 0 bridgehead atoms. The summed E-state index contributed by atoms with van der Waals surface area (Å²) in [4.78, 5) is 0. The Morgan fingerprint density at radius 2 is 1.06 bits per heavy atom. The van der Waals surface area contributed by atoms with Crippen LogP contribution in [0.2, 0.25) is 0 Å². The van der Waals surface area contributed by atoms with E-state index >= 15 is 0 Å². The molecule has 0 atom stereocenters. The van der Waals surface area contributed by atoms with Gasteiger partial charge in [0.25, 0.3) is 0 Å². The minimum absolute atomic E-state index is 0.542. The molecule has 18 heavy (non-hydrogen) atoms. The molecule has 0 heteroatoms. The molecule has 90 valence electrons. The second-order valence-corrected chi connectivity index (χ2v) is 5.28. The minimum Gasteiger partial charge on any atom is -0.0616 e. The van der Waals surface area contributed by atoms with Crippen molar-refractivity contribution < 1.29 is 0 Å². The van der Waals surface area contributed by atoms with Gasteiger partial charge in [-0.2, -0.15) is 0 Å². The van der Waals surface area contributed by atoms with Crippen molar-refractivity contribution in [2.45, 2.75) is 26.7 Å². The molecule has 0 heterocycles. The molecule has 0 aliphatic heterocycles. The Bertz CT molecular complexity index is 664. The van der Waals surface area contributed by atoms with Crippen LogP contribution in [0.25, 0.3) is 21.5 Å². The van der Waals surface area contributed by atoms with Crippen molar-refractivity contribution in [3.8, 4) is 0 Å². The molecular weight excluding hydrogens is 216 g/mol. The summed E-state index contributed by atoms with van der Waals surface area (Å²) in [6.45, 7) is 6.79. The third kappa shape index (κ3) is 1.53. The zero-order chi connectivity index (χ0) is 12.7. The molecule has 0 saturated heterocycles. The number of aryl methyl sites for hydroxylation is 1. The largest absolute Gasteiger partial charge is 0.0616 e. The van der Waals surface area contributed by atoms with E-state index < -0.39 is 0 Å². The van der Waals surface area contributed by atoms with Crippen LogP contribution in [0, 0.1) is 6.92 Å². The van der Waals surface area contributed by atoms with Gasteiger partial charge in [0.1, 0.15) is 0 Å². The van der Waals surface area contributed by atoms with Crippen LogP contribution in [0.3, 0.4) is 0 Å². The zero-order valence-corrected chi connectivity index (χ0v) is 11.2. The van der Waals surface area contributed by atoms with Crippen LogP contribution in [-0.2, 0) is 0 Å². The molecule has 0 aromatic heterocycles. The van der Waals surface area contributed by atoms with Gasteiger partial charge in [-0.1, -0.05) is 62.4 Å². The first kappa shape index (κ1) is 11.3. The molecule has 0 saturated carbocycles. The molecule has 0 radical (unpaired) electrons. The van der Waals surface area contributed by atoms with Crippen LogP contribution in [-0.4, -0.2) is 0 Å². The fourth-order valence-electron chi connectivity index (χ4n) is 3.00. The number of hydrogen-bond acceptors (Lipinski definition) is 0. The van der Waals surface area contributed by atoms with Crippen molar-refractivity contribution in [2.75, 3.05) is 0 Å². The third-order valence-electron chi connectivity index (χ3n) is 3.82. The van der Waals surface area contributed by atoms with E-state index in [1.165, 1.54) is 32.7 Å². The normalized spacial score (nSPS) is 11.6. The van der Waals surface area contributed by atoms with E-state index in [2.05, 4.69) is 69.3 Å². The molecule has 0 unspecified atom stereocenters. The van der Waals surface area contributed by atoms with Crippen molar-refractivity contribution in [1.29, 1.82) is 0 Å². The van der Waals surface area contributed by atoms with Crippen molar-refractivity contribution in [3.63, 3.8) is 0 Å². The monoisotopic (exact) mass is 234 g/mol. The predicted molar refractivity (Wildman–Crippen MR) is 80.3 cm³/mol. The highest BCUT2D eigenvalue weighted by Gasteiger charge is 2.12. The summed E-state index contributed by atoms with van der Waals surface area (Å²) in [6, 6.07) is 17.5. The highest BCUT2D eigenvalue weighted by Crippen LogP contribution is 2.36. The van der Waals surface area contributed by atoms with Crippen LogP contribution in [0.4, 0.5) is 0 Å². The second-order valence-electron chi connectivity index (χ2n) is 5.28. The maximum atomic E-state index is 2.28. The summed E-state index contributed by atoms with van der Waals surface area (Å²) < 4.78 is 0. The van der Waals surface area contributed by atoms with Gasteiger partial charge >= 0.3 is 0 Å². The molecule has 3 aromatic rings. The maximum absolute atomic E-state index is 2.28. The zero-order valence-electron chi connectivity index (χ0n) is 11.2. The fraction of sp³-hybridized carbons (Fsp3) is 0.222. The molecule has 0 aliphatic rings. The van der Waals surface area contributed by atoms with E-state index in [0.29, 0.717) is 5.92 Å². The third-order valence-corrected chi connectivity index (χ3v) is 3.82. The van der Waals surface area contributed by atoms with Crippen molar-refractivity contribution >= 4 is 21.5 Å². The molecular formula is C18H18. The average molecular weight is 234 g/mol. The van der Waals surface area contributed by atoms with Crippen LogP contribution in [0.15, 0.2) is 48.5 Å². The lowest BCUT2D eigenvalue weighted by molar-refractivity contribution is 0.885. The van der Waals surface area contributed by atoms with Crippen molar-refractivity contribution in [2.24, 2.45) is 0 Å². The number of fused-ring (bicyclic) bond motifs is 2. The standard InChI is InChI=1S/C18H18/c1-12(2)18-16-10-6-4-8-14(16)13(3)15-9-5-7-11-17(15)18/h4-12H,1-3H3. The van der Waals surface area contributed by atoms with Crippen LogP contribution in [0.5, 0.6) is 0 Å². The summed E-state index contributed by atoms with van der Waals surface area (Å²) in [5.41, 5.74) is 2.87. The van der Waals surface area contributed by atoms with E-state index in [-0.39, 0.29) is 0 Å². The molecule has 3 rings (SSSR count). The lowest BCUT2D eigenvalue weighted by Gasteiger charge is -2.17. The van der Waals surface area contributed by atoms with Gasteiger partial charge in [0.05, 0.1) is 0 Å². The Morgan fingerprint density at radius 3 is 1.44 bits per heavy atom. The molecule has 0 amide bonds. The van der Waals surface area contributed by atoms with E-state index in [9.17, 15) is 0 Å². The first-order valence-corrected chi connectivity index (χ1v) is 6.60. The van der Waals surface area contributed by atoms with E-state index in [1.54, 1.807) is 0 Å². The Labute approximate surface area is 108 Å². The molecule has 0 aliphatic carbocycles. The van der Waals surface area contributed by atoms with Crippen molar-refractivity contribution in [3.05, 3.63) is 59.7 Å². The number of benzene rings is 3. The van der Waals surface area contributed by atoms with Gasteiger partial charge in [0.15, 0.2) is 0 Å². The quantitative estimate of drug-likeness (QED) is 0.493. The Hall–Kier alpha value is -1.82. The van der Waals surface area contributed by atoms with E-state index in [0.717, 1.165) is 0 Å². The van der Waals surface area contributed by atoms with Crippen LogP contribution < -0.4 is 0 Å².